The summed E-state index contributed by atoms with van der Waals surface area (Å²) < 4.78 is 29.8. The van der Waals surface area contributed by atoms with Crippen LogP contribution in [0.5, 0.6) is 0 Å². The third kappa shape index (κ3) is 9.15. The molecule has 248 valence electrons. The molecule has 0 fully saturated rings. The molecule has 0 spiro atoms. The van der Waals surface area contributed by atoms with Crippen molar-refractivity contribution in [3.63, 3.8) is 0 Å². The zero-order valence-corrected chi connectivity index (χ0v) is 29.5. The summed E-state index contributed by atoms with van der Waals surface area (Å²) in [6.07, 6.45) is 1.87. The first kappa shape index (κ1) is 36.0. The molecule has 7 nitrogen and oxygen atoms in total. The standard InChI is InChI=1S/C37H41Cl2N3O4S/c1-5-6-21-40-37(44)35(22-29-12-8-7-9-13-29)41(24-30-17-18-31(38)23-33(30)39)36(43)25-42(34-14-10-11-27(3)28(34)4)47(45,46)32-19-15-26(2)16-20-32/h7-20,23,35H,5-6,21-22,24-25H2,1-4H3,(H,40,44)/t35-/m1/s1. The maximum Gasteiger partial charge on any atom is 0.264 e. The minimum absolute atomic E-state index is 0.0429. The van der Waals surface area contributed by atoms with Crippen LogP contribution < -0.4 is 9.62 Å². The summed E-state index contributed by atoms with van der Waals surface area (Å²) >= 11 is 12.8. The third-order valence-corrected chi connectivity index (χ3v) is 10.5. The highest BCUT2D eigenvalue weighted by Gasteiger charge is 2.35. The van der Waals surface area contributed by atoms with E-state index < -0.39 is 28.5 Å². The zero-order valence-electron chi connectivity index (χ0n) is 27.2. The number of rotatable bonds is 14. The van der Waals surface area contributed by atoms with Gasteiger partial charge in [-0.3, -0.25) is 13.9 Å². The number of amides is 2. The highest BCUT2D eigenvalue weighted by molar-refractivity contribution is 7.92. The Morgan fingerprint density at radius 2 is 1.57 bits per heavy atom. The van der Waals surface area contributed by atoms with Gasteiger partial charge in [0.1, 0.15) is 12.6 Å². The molecule has 0 aromatic heterocycles. The van der Waals surface area contributed by atoms with E-state index in [9.17, 15) is 18.0 Å². The van der Waals surface area contributed by atoms with E-state index in [0.717, 1.165) is 39.4 Å². The van der Waals surface area contributed by atoms with Crippen molar-refractivity contribution in [2.45, 2.75) is 64.4 Å². The quantitative estimate of drug-likeness (QED) is 0.137. The topological polar surface area (TPSA) is 86.8 Å². The van der Waals surface area contributed by atoms with Crippen molar-refractivity contribution in [1.82, 2.24) is 10.2 Å². The first-order chi connectivity index (χ1) is 22.4. The van der Waals surface area contributed by atoms with Crippen molar-refractivity contribution < 1.29 is 18.0 Å². The highest BCUT2D eigenvalue weighted by atomic mass is 35.5. The predicted octanol–water partition coefficient (Wildman–Crippen LogP) is 7.67. The van der Waals surface area contributed by atoms with Crippen LogP contribution >= 0.6 is 23.2 Å². The number of hydrogen-bond acceptors (Lipinski definition) is 4. The number of sulfonamides is 1. The Labute approximate surface area is 288 Å². The number of nitrogens with zero attached hydrogens (tertiary/aromatic N) is 2. The molecule has 0 radical (unpaired) electrons. The lowest BCUT2D eigenvalue weighted by Crippen LogP contribution is -2.53. The molecule has 0 bridgehead atoms. The molecule has 0 saturated heterocycles. The average Bonchev–Trinajstić information content (AvgIpc) is 3.04. The minimum atomic E-state index is -4.21. The van der Waals surface area contributed by atoms with Crippen molar-refractivity contribution in [1.29, 1.82) is 0 Å². The number of carbonyl (C=O) groups excluding carboxylic acids is 2. The maximum absolute atomic E-state index is 14.7. The lowest BCUT2D eigenvalue weighted by molar-refractivity contribution is -0.140. The molecule has 4 rings (SSSR count). The summed E-state index contributed by atoms with van der Waals surface area (Å²) in [7, 11) is -4.21. The van der Waals surface area contributed by atoms with Crippen LogP contribution in [0.2, 0.25) is 10.0 Å². The largest absolute Gasteiger partial charge is 0.354 e. The zero-order chi connectivity index (χ0) is 34.1. The minimum Gasteiger partial charge on any atom is -0.354 e. The molecule has 4 aromatic rings. The van der Waals surface area contributed by atoms with Gasteiger partial charge in [-0.15, -0.1) is 0 Å². The third-order valence-electron chi connectivity index (χ3n) is 8.19. The molecule has 0 aliphatic carbocycles. The Hall–Kier alpha value is -3.85. The molecule has 0 unspecified atom stereocenters. The number of halogens is 2. The first-order valence-electron chi connectivity index (χ1n) is 15.6. The summed E-state index contributed by atoms with van der Waals surface area (Å²) in [5.74, 6) is -0.889. The van der Waals surface area contributed by atoms with Crippen LogP contribution in [0.4, 0.5) is 5.69 Å². The van der Waals surface area contributed by atoms with Gasteiger partial charge in [-0.05, 0) is 79.8 Å². The number of unbranched alkanes of at least 4 members (excludes halogenated alkanes) is 1. The van der Waals surface area contributed by atoms with Gasteiger partial charge in [0.05, 0.1) is 10.6 Å². The van der Waals surface area contributed by atoms with Crippen LogP contribution in [-0.4, -0.2) is 44.3 Å². The number of carbonyl (C=O) groups is 2. The van der Waals surface area contributed by atoms with Crippen molar-refractivity contribution in [3.8, 4) is 0 Å². The Bertz CT molecular complexity index is 1800. The normalized spacial score (nSPS) is 12.0. The molecule has 10 heteroatoms. The predicted molar refractivity (Wildman–Crippen MR) is 190 cm³/mol. The summed E-state index contributed by atoms with van der Waals surface area (Å²) in [4.78, 5) is 30.1. The summed E-state index contributed by atoms with van der Waals surface area (Å²) in [6.45, 7) is 7.49. The van der Waals surface area contributed by atoms with E-state index in [4.69, 9.17) is 23.2 Å². The SMILES string of the molecule is CCCCNC(=O)[C@@H](Cc1ccccc1)N(Cc1ccc(Cl)cc1Cl)C(=O)CN(c1cccc(C)c1C)S(=O)(=O)c1ccc(C)cc1. The highest BCUT2D eigenvalue weighted by Crippen LogP contribution is 2.30. The second-order valence-corrected chi connectivity index (χ2v) is 14.4. The fourth-order valence-electron chi connectivity index (χ4n) is 5.25. The molecule has 47 heavy (non-hydrogen) atoms. The lowest BCUT2D eigenvalue weighted by atomic mass is 10.0. The van der Waals surface area contributed by atoms with E-state index in [-0.39, 0.29) is 23.8 Å². The van der Waals surface area contributed by atoms with Crippen LogP contribution in [0.1, 0.15) is 47.6 Å². The van der Waals surface area contributed by atoms with E-state index in [1.54, 1.807) is 42.5 Å². The second-order valence-electron chi connectivity index (χ2n) is 11.7. The monoisotopic (exact) mass is 693 g/mol. The molecule has 2 amide bonds. The Kier molecular flexibility index (Phi) is 12.5. The first-order valence-corrected chi connectivity index (χ1v) is 17.8. The fraction of sp³-hybridized carbons (Fsp3) is 0.297. The Morgan fingerprint density at radius 3 is 2.23 bits per heavy atom. The van der Waals surface area contributed by atoms with Crippen molar-refractivity contribution in [2.24, 2.45) is 0 Å². The Balaban J connectivity index is 1.84. The van der Waals surface area contributed by atoms with Crippen molar-refractivity contribution >= 4 is 50.7 Å². The van der Waals surface area contributed by atoms with Crippen LogP contribution in [-0.2, 0) is 32.6 Å². The van der Waals surface area contributed by atoms with Crippen molar-refractivity contribution in [2.75, 3.05) is 17.4 Å². The smallest absolute Gasteiger partial charge is 0.264 e. The van der Waals surface area contributed by atoms with Gasteiger partial charge in [0.2, 0.25) is 11.8 Å². The lowest BCUT2D eigenvalue weighted by Gasteiger charge is -2.34. The van der Waals surface area contributed by atoms with Crippen LogP contribution in [0.3, 0.4) is 0 Å². The van der Waals surface area contributed by atoms with E-state index >= 15 is 0 Å². The van der Waals surface area contributed by atoms with Gasteiger partial charge in [0.25, 0.3) is 10.0 Å². The molecule has 0 saturated carbocycles. The maximum atomic E-state index is 14.7. The summed E-state index contributed by atoms with van der Waals surface area (Å²) in [5.41, 5.74) is 4.31. The molecular weight excluding hydrogens is 653 g/mol. The molecule has 0 heterocycles. The number of anilines is 1. The molecular formula is C37H41Cl2N3O4S. The molecule has 1 atom stereocenters. The second kappa shape index (κ2) is 16.3. The molecule has 4 aromatic carbocycles. The van der Waals surface area contributed by atoms with E-state index in [0.29, 0.717) is 27.8 Å². The molecule has 1 N–H and O–H groups in total. The van der Waals surface area contributed by atoms with Gasteiger partial charge in [-0.25, -0.2) is 8.42 Å². The average molecular weight is 695 g/mol. The van der Waals surface area contributed by atoms with Gasteiger partial charge < -0.3 is 10.2 Å². The van der Waals surface area contributed by atoms with Crippen LogP contribution in [0.25, 0.3) is 0 Å². The van der Waals surface area contributed by atoms with Gasteiger partial charge >= 0.3 is 0 Å². The number of nitrogens with one attached hydrogen (secondary N) is 1. The van der Waals surface area contributed by atoms with Gasteiger partial charge in [-0.1, -0.05) is 103 Å². The van der Waals surface area contributed by atoms with Crippen LogP contribution in [0.15, 0.2) is 95.9 Å². The van der Waals surface area contributed by atoms with E-state index in [1.165, 1.54) is 17.0 Å². The van der Waals surface area contributed by atoms with E-state index in [2.05, 4.69) is 5.32 Å². The van der Waals surface area contributed by atoms with Gasteiger partial charge in [0.15, 0.2) is 0 Å². The number of benzene rings is 4. The fourth-order valence-corrected chi connectivity index (χ4v) is 7.19. The van der Waals surface area contributed by atoms with E-state index in [1.807, 2.05) is 64.1 Å². The van der Waals surface area contributed by atoms with Crippen molar-refractivity contribution in [3.05, 3.63) is 129 Å². The molecule has 0 aliphatic heterocycles. The number of aryl methyl sites for hydroxylation is 2. The van der Waals surface area contributed by atoms with Gasteiger partial charge in [0, 0.05) is 29.6 Å². The van der Waals surface area contributed by atoms with Gasteiger partial charge in [-0.2, -0.15) is 0 Å². The summed E-state index contributed by atoms with van der Waals surface area (Å²) in [5, 5.41) is 3.76. The summed E-state index contributed by atoms with van der Waals surface area (Å²) in [6, 6.07) is 25.3. The number of hydrogen-bond donors (Lipinski definition) is 1. The Morgan fingerprint density at radius 1 is 0.872 bits per heavy atom. The molecule has 0 aliphatic rings. The van der Waals surface area contributed by atoms with Crippen LogP contribution in [0, 0.1) is 20.8 Å².